The lowest BCUT2D eigenvalue weighted by Crippen LogP contribution is -2.71. The van der Waals surface area contributed by atoms with Crippen LogP contribution in [0.1, 0.15) is 98.8 Å². The molecule has 4 amide bonds. The minimum atomic E-state index is -5.24. The van der Waals surface area contributed by atoms with Crippen LogP contribution in [0.3, 0.4) is 0 Å². The lowest BCUT2D eigenvalue weighted by atomic mass is 9.93. The summed E-state index contributed by atoms with van der Waals surface area (Å²) in [5.74, 6) is -4.12. The summed E-state index contributed by atoms with van der Waals surface area (Å²) in [7, 11) is -5.24. The van der Waals surface area contributed by atoms with Crippen molar-refractivity contribution in [3.63, 3.8) is 0 Å². The minimum absolute atomic E-state index is 0.0211. The Morgan fingerprint density at radius 3 is 1.60 bits per heavy atom. The second-order valence-corrected chi connectivity index (χ2v) is 20.1. The van der Waals surface area contributed by atoms with Crippen molar-refractivity contribution in [2.75, 3.05) is 26.4 Å². The second kappa shape index (κ2) is 34.2. The normalized spacial score (nSPS) is 31.2. The number of allylic oxidation sites excluding steroid dienone is 3. The SMILES string of the molecule is CCCCCC/C=C\CCCCC/C=C/C(=O)N[C@H]1[C@H](O[C@H]2[C@H](O)[C@@H](NC(C)=O)[C@H](O[C@H]3[C@H](O)[C@@H](NC(C)=O)[C@H](O[C@@H]([C@H](O)[C@H](C=O)NC(C)=O)[C@H](O)COS(=O)(=O)O)O[C@@H]3CO)O[C@@H]2CO)O[C@H](COC(C)=O)[C@@H](O)[C@@H]1O. The average molecular weight is 1150 g/mol. The number of aliphatic hydroxyl groups is 8. The average Bonchev–Trinajstić information content (AvgIpc) is 3.37. The molecule has 0 saturated carbocycles. The Hall–Kier alpha value is -4.19. The molecular formula is C48H80N4O25S. The second-order valence-electron chi connectivity index (χ2n) is 19.0. The number of hydrogen-bond acceptors (Lipinski definition) is 24. The topological polar surface area (TPSA) is 441 Å². The van der Waals surface area contributed by atoms with Crippen molar-refractivity contribution >= 4 is 46.3 Å². The Kier molecular flexibility index (Phi) is 29.8. The van der Waals surface area contributed by atoms with Gasteiger partial charge in [0.25, 0.3) is 0 Å². The highest BCUT2D eigenvalue weighted by atomic mass is 32.3. The van der Waals surface area contributed by atoms with Crippen molar-refractivity contribution in [3.05, 3.63) is 24.3 Å². The Morgan fingerprint density at radius 2 is 1.13 bits per heavy atom. The van der Waals surface area contributed by atoms with Gasteiger partial charge in [0, 0.05) is 27.7 Å². The van der Waals surface area contributed by atoms with Gasteiger partial charge in [-0.25, -0.2) is 4.18 Å². The van der Waals surface area contributed by atoms with Gasteiger partial charge in [-0.2, -0.15) is 8.42 Å². The fraction of sp³-hybridized carbons (Fsp3) is 0.792. The van der Waals surface area contributed by atoms with E-state index in [1.54, 1.807) is 6.08 Å². The number of rotatable bonds is 33. The maximum atomic E-state index is 13.3. The van der Waals surface area contributed by atoms with E-state index in [0.29, 0.717) is 6.42 Å². The molecule has 13 N–H and O–H groups in total. The summed E-state index contributed by atoms with van der Waals surface area (Å²) in [4.78, 5) is 74.1. The third kappa shape index (κ3) is 22.0. The number of nitrogens with one attached hydrogen (secondary N) is 4. The summed E-state index contributed by atoms with van der Waals surface area (Å²) in [6, 6.07) is -7.10. The number of carbonyl (C=O) groups excluding carboxylic acids is 6. The predicted molar refractivity (Wildman–Crippen MR) is 266 cm³/mol. The maximum absolute atomic E-state index is 13.3. The molecule has 3 rings (SSSR count). The molecule has 3 fully saturated rings. The summed E-state index contributed by atoms with van der Waals surface area (Å²) < 4.78 is 76.8. The third-order valence-electron chi connectivity index (χ3n) is 12.7. The lowest BCUT2D eigenvalue weighted by Gasteiger charge is -2.50. The number of amides is 4. The molecule has 448 valence electrons. The van der Waals surface area contributed by atoms with Gasteiger partial charge in [-0.1, -0.05) is 50.8 Å². The van der Waals surface area contributed by atoms with E-state index < -0.39 is 183 Å². The first-order chi connectivity index (χ1) is 36.9. The number of ether oxygens (including phenoxy) is 7. The Labute approximate surface area is 452 Å². The van der Waals surface area contributed by atoms with E-state index in [9.17, 15) is 78.0 Å². The molecule has 0 aliphatic carbocycles. The fourth-order valence-electron chi connectivity index (χ4n) is 8.80. The van der Waals surface area contributed by atoms with E-state index in [1.807, 2.05) is 0 Å². The quantitative estimate of drug-likeness (QED) is 0.00745. The number of aliphatic hydroxyl groups excluding tert-OH is 8. The molecule has 0 spiro atoms. The van der Waals surface area contributed by atoms with Gasteiger partial charge < -0.3 is 100 Å². The molecule has 0 unspecified atom stereocenters. The highest BCUT2D eigenvalue weighted by Gasteiger charge is 2.55. The fourth-order valence-corrected chi connectivity index (χ4v) is 9.11. The van der Waals surface area contributed by atoms with E-state index >= 15 is 0 Å². The molecule has 3 heterocycles. The minimum Gasteiger partial charge on any atom is -0.463 e. The number of aldehydes is 1. The summed E-state index contributed by atoms with van der Waals surface area (Å²) in [5.41, 5.74) is 0. The van der Waals surface area contributed by atoms with Crippen LogP contribution >= 0.6 is 0 Å². The molecular weight excluding hydrogens is 1060 g/mol. The smallest absolute Gasteiger partial charge is 0.397 e. The van der Waals surface area contributed by atoms with Crippen LogP contribution in [-0.4, -0.2) is 232 Å². The molecule has 3 saturated heterocycles. The first-order valence-electron chi connectivity index (χ1n) is 25.7. The molecule has 0 radical (unpaired) electrons. The number of esters is 1. The zero-order valence-corrected chi connectivity index (χ0v) is 45.0. The van der Waals surface area contributed by atoms with Crippen molar-refractivity contribution in [3.8, 4) is 0 Å². The highest BCUT2D eigenvalue weighted by Crippen LogP contribution is 2.34. The summed E-state index contributed by atoms with van der Waals surface area (Å²) in [6.07, 6.45) is -12.0. The van der Waals surface area contributed by atoms with Crippen molar-refractivity contribution < 1.29 is 120 Å². The van der Waals surface area contributed by atoms with Gasteiger partial charge in [0.2, 0.25) is 23.6 Å². The maximum Gasteiger partial charge on any atom is 0.397 e. The Morgan fingerprint density at radius 1 is 0.641 bits per heavy atom. The molecule has 19 atom stereocenters. The zero-order chi connectivity index (χ0) is 58.3. The van der Waals surface area contributed by atoms with Crippen molar-refractivity contribution in [1.82, 2.24) is 21.3 Å². The summed E-state index contributed by atoms with van der Waals surface area (Å²) >= 11 is 0. The van der Waals surface area contributed by atoms with E-state index in [0.717, 1.165) is 66.2 Å². The van der Waals surface area contributed by atoms with E-state index in [4.69, 9.17) is 37.7 Å². The summed E-state index contributed by atoms with van der Waals surface area (Å²) in [6.45, 7) is 2.13. The highest BCUT2D eigenvalue weighted by molar-refractivity contribution is 7.80. The van der Waals surface area contributed by atoms with Crippen LogP contribution in [-0.2, 0) is 76.5 Å². The van der Waals surface area contributed by atoms with Crippen LogP contribution in [0.25, 0.3) is 0 Å². The van der Waals surface area contributed by atoms with Crippen LogP contribution in [0.5, 0.6) is 0 Å². The molecule has 0 aromatic rings. The van der Waals surface area contributed by atoms with Crippen LogP contribution in [0.15, 0.2) is 24.3 Å². The Bertz CT molecular complexity index is 2060. The van der Waals surface area contributed by atoms with Crippen molar-refractivity contribution in [2.45, 2.75) is 215 Å². The van der Waals surface area contributed by atoms with Crippen LogP contribution < -0.4 is 21.3 Å². The third-order valence-corrected chi connectivity index (χ3v) is 13.1. The number of unbranched alkanes of at least 4 members (excludes halogenated alkanes) is 8. The van der Waals surface area contributed by atoms with E-state index in [1.165, 1.54) is 25.3 Å². The van der Waals surface area contributed by atoms with Crippen LogP contribution in [0.2, 0.25) is 0 Å². The molecule has 0 aromatic heterocycles. The van der Waals surface area contributed by atoms with Crippen molar-refractivity contribution in [2.24, 2.45) is 0 Å². The molecule has 0 aromatic carbocycles. The van der Waals surface area contributed by atoms with Gasteiger partial charge in [0.15, 0.2) is 18.9 Å². The number of hydrogen-bond donors (Lipinski definition) is 13. The predicted octanol–water partition coefficient (Wildman–Crippen LogP) is -3.92. The molecule has 30 heteroatoms. The van der Waals surface area contributed by atoms with Crippen LogP contribution in [0, 0.1) is 0 Å². The zero-order valence-electron chi connectivity index (χ0n) is 44.2. The van der Waals surface area contributed by atoms with Gasteiger partial charge in [-0.05, 0) is 44.6 Å². The van der Waals surface area contributed by atoms with E-state index in [2.05, 4.69) is 44.5 Å². The molecule has 0 bridgehead atoms. The largest absolute Gasteiger partial charge is 0.463 e. The van der Waals surface area contributed by atoms with Gasteiger partial charge in [0.05, 0.1) is 19.8 Å². The van der Waals surface area contributed by atoms with Gasteiger partial charge in [0.1, 0.15) is 110 Å². The first kappa shape index (κ1) is 68.1. The van der Waals surface area contributed by atoms with E-state index in [-0.39, 0.29) is 6.29 Å². The lowest BCUT2D eigenvalue weighted by molar-refractivity contribution is -0.357. The molecule has 3 aliphatic heterocycles. The molecule has 3 aliphatic rings. The monoisotopic (exact) mass is 1140 g/mol. The van der Waals surface area contributed by atoms with Gasteiger partial charge >= 0.3 is 16.4 Å². The number of carbonyl (C=O) groups is 6. The summed E-state index contributed by atoms with van der Waals surface area (Å²) in [5, 5.41) is 99.0. The molecule has 78 heavy (non-hydrogen) atoms. The van der Waals surface area contributed by atoms with Crippen LogP contribution in [0.4, 0.5) is 0 Å². The standard InChI is InChI=1S/C48H80N4O25S/c1-6-7-8-9-10-11-12-13-14-15-16-17-18-19-34(61)52-35-40(64)39(63)33(24-70-28(5)59)74-46(35)76-44-32(22-55)73-48(37(42(44)66)51-27(4)58)77-45-31(21-54)72-47(36(41(45)65)50-26(3)57)75-43(30(60)23-71-78(67,68)69)38(62)29(20-53)49-25(2)56/h11-12,18-20,29-33,35-48,54-55,60,62-66H,6-10,13-17,21-24H2,1-5H3,(H,49,56)(H,50,57)(H,51,58)(H,52,61)(H,67,68,69)/b12-11-,19-18+/t29-,30+,31+,32+,33+,35+,36+,37+,38+,39+,40+,41+,42+,43+,44+,45+,46-,47-,48-/m0/s1. The Balaban J connectivity index is 1.90. The molecule has 29 nitrogen and oxygen atoms in total. The van der Waals surface area contributed by atoms with Gasteiger partial charge in [-0.15, -0.1) is 0 Å². The van der Waals surface area contributed by atoms with Crippen molar-refractivity contribution in [1.29, 1.82) is 0 Å². The first-order valence-corrected chi connectivity index (χ1v) is 27.1. The van der Waals surface area contributed by atoms with Gasteiger partial charge in [-0.3, -0.25) is 28.5 Å².